The minimum atomic E-state index is -1.06. The number of rotatable bonds is 2. The topological polar surface area (TPSA) is 70.5 Å². The van der Waals surface area contributed by atoms with E-state index in [9.17, 15) is 9.59 Å². The fourth-order valence-electron chi connectivity index (χ4n) is 3.04. The number of aromatic carboxylic acids is 1. The molecule has 1 amide bonds. The van der Waals surface area contributed by atoms with Crippen LogP contribution in [0.1, 0.15) is 58.3 Å². The molecule has 2 aromatic rings. The molecule has 1 aliphatic rings. The van der Waals surface area contributed by atoms with E-state index in [-0.39, 0.29) is 22.6 Å². The first-order valence-corrected chi connectivity index (χ1v) is 8.36. The van der Waals surface area contributed by atoms with Crippen LogP contribution in [0.2, 0.25) is 0 Å². The van der Waals surface area contributed by atoms with E-state index in [2.05, 4.69) is 44.0 Å². The van der Waals surface area contributed by atoms with Crippen LogP contribution in [0.3, 0.4) is 0 Å². The summed E-state index contributed by atoms with van der Waals surface area (Å²) in [5.74, 6) is -1.29. The first kappa shape index (κ1) is 17.1. The lowest BCUT2D eigenvalue weighted by molar-refractivity contribution is 0.0696. The standard InChI is InChI=1S/C20H22N2O3/c1-20(2,3)16-5-4-13-7-9-22(12-15(13)10-16)18(23)17-11-14(19(24)25)6-8-21-17/h4-6,8,10-11H,7,9,12H2,1-3H3,(H,24,25). The highest BCUT2D eigenvalue weighted by atomic mass is 16.4. The molecule has 1 N–H and O–H groups in total. The van der Waals surface area contributed by atoms with Crippen LogP contribution in [0.15, 0.2) is 36.5 Å². The number of carbonyl (C=O) groups is 2. The predicted molar refractivity (Wildman–Crippen MR) is 94.8 cm³/mol. The van der Waals surface area contributed by atoms with E-state index in [1.54, 1.807) is 4.90 Å². The maximum atomic E-state index is 12.7. The SMILES string of the molecule is CC(C)(C)c1ccc2c(c1)CN(C(=O)c1cc(C(=O)O)ccn1)CC2. The molecule has 0 atom stereocenters. The summed E-state index contributed by atoms with van der Waals surface area (Å²) in [4.78, 5) is 29.6. The molecule has 2 heterocycles. The number of benzene rings is 1. The Morgan fingerprint density at radius 3 is 2.56 bits per heavy atom. The Bertz CT molecular complexity index is 837. The number of carbonyl (C=O) groups excluding carboxylic acids is 1. The fourth-order valence-corrected chi connectivity index (χ4v) is 3.04. The number of carboxylic acids is 1. The molecule has 0 fully saturated rings. The molecule has 0 bridgehead atoms. The van der Waals surface area contributed by atoms with Crippen LogP contribution in [0.25, 0.3) is 0 Å². The molecule has 130 valence electrons. The number of aromatic nitrogens is 1. The van der Waals surface area contributed by atoms with Gasteiger partial charge in [0.25, 0.3) is 5.91 Å². The largest absolute Gasteiger partial charge is 0.478 e. The van der Waals surface area contributed by atoms with Crippen molar-refractivity contribution in [1.29, 1.82) is 0 Å². The van der Waals surface area contributed by atoms with E-state index >= 15 is 0 Å². The van der Waals surface area contributed by atoms with Crippen molar-refractivity contribution in [1.82, 2.24) is 9.88 Å². The highest BCUT2D eigenvalue weighted by Crippen LogP contribution is 2.28. The molecular formula is C20H22N2O3. The zero-order valence-corrected chi connectivity index (χ0v) is 14.7. The molecule has 0 saturated heterocycles. The van der Waals surface area contributed by atoms with Gasteiger partial charge in [0.05, 0.1) is 5.56 Å². The molecule has 0 aliphatic carbocycles. The Kier molecular flexibility index (Phi) is 4.33. The van der Waals surface area contributed by atoms with Crippen LogP contribution in [0, 0.1) is 0 Å². The summed E-state index contributed by atoms with van der Waals surface area (Å²) in [6, 6.07) is 9.22. The summed E-state index contributed by atoms with van der Waals surface area (Å²) in [5.41, 5.74) is 3.97. The van der Waals surface area contributed by atoms with Crippen molar-refractivity contribution in [2.75, 3.05) is 6.54 Å². The van der Waals surface area contributed by atoms with E-state index in [1.807, 2.05) is 0 Å². The monoisotopic (exact) mass is 338 g/mol. The average Bonchev–Trinajstić information content (AvgIpc) is 2.59. The molecule has 1 aromatic heterocycles. The molecule has 0 radical (unpaired) electrons. The van der Waals surface area contributed by atoms with Gasteiger partial charge in [-0.05, 0) is 40.7 Å². The van der Waals surface area contributed by atoms with Crippen LogP contribution in [-0.4, -0.2) is 33.4 Å². The summed E-state index contributed by atoms with van der Waals surface area (Å²) < 4.78 is 0. The van der Waals surface area contributed by atoms with E-state index in [0.29, 0.717) is 13.1 Å². The Balaban J connectivity index is 1.85. The third-order valence-electron chi connectivity index (χ3n) is 4.60. The van der Waals surface area contributed by atoms with Gasteiger partial charge in [0, 0.05) is 19.3 Å². The second-order valence-electron chi connectivity index (χ2n) is 7.45. The number of pyridine rings is 1. The molecule has 0 saturated carbocycles. The second kappa shape index (κ2) is 6.31. The van der Waals surface area contributed by atoms with Crippen molar-refractivity contribution >= 4 is 11.9 Å². The summed E-state index contributed by atoms with van der Waals surface area (Å²) >= 11 is 0. The number of nitrogens with zero attached hydrogens (tertiary/aromatic N) is 2. The van der Waals surface area contributed by atoms with Crippen molar-refractivity contribution in [3.05, 3.63) is 64.5 Å². The molecular weight excluding hydrogens is 316 g/mol. The van der Waals surface area contributed by atoms with E-state index in [4.69, 9.17) is 5.11 Å². The average molecular weight is 338 g/mol. The van der Waals surface area contributed by atoms with Crippen LogP contribution in [-0.2, 0) is 18.4 Å². The van der Waals surface area contributed by atoms with Gasteiger partial charge in [-0.25, -0.2) is 4.79 Å². The van der Waals surface area contributed by atoms with Crippen molar-refractivity contribution in [2.45, 2.75) is 39.2 Å². The van der Waals surface area contributed by atoms with Gasteiger partial charge in [0.1, 0.15) is 5.69 Å². The van der Waals surface area contributed by atoms with Gasteiger partial charge in [-0.3, -0.25) is 9.78 Å². The molecule has 5 heteroatoms. The van der Waals surface area contributed by atoms with Gasteiger partial charge in [-0.15, -0.1) is 0 Å². The Hall–Kier alpha value is -2.69. The molecule has 3 rings (SSSR count). The van der Waals surface area contributed by atoms with Gasteiger partial charge in [-0.1, -0.05) is 39.0 Å². The van der Waals surface area contributed by atoms with Gasteiger partial charge >= 0.3 is 5.97 Å². The molecule has 1 aliphatic heterocycles. The lowest BCUT2D eigenvalue weighted by atomic mass is 9.84. The predicted octanol–water partition coefficient (Wildman–Crippen LogP) is 3.28. The lowest BCUT2D eigenvalue weighted by Gasteiger charge is -2.30. The molecule has 0 spiro atoms. The zero-order valence-electron chi connectivity index (χ0n) is 14.7. The molecule has 1 aromatic carbocycles. The summed E-state index contributed by atoms with van der Waals surface area (Å²) in [5, 5.41) is 9.09. The third-order valence-corrected chi connectivity index (χ3v) is 4.60. The minimum Gasteiger partial charge on any atom is -0.478 e. The third kappa shape index (κ3) is 3.55. The van der Waals surface area contributed by atoms with Crippen molar-refractivity contribution in [2.24, 2.45) is 0 Å². The first-order valence-electron chi connectivity index (χ1n) is 8.36. The van der Waals surface area contributed by atoms with Gasteiger partial charge in [0.2, 0.25) is 0 Å². The van der Waals surface area contributed by atoms with Crippen LogP contribution in [0.5, 0.6) is 0 Å². The normalized spacial score (nSPS) is 14.1. The van der Waals surface area contributed by atoms with E-state index in [1.165, 1.54) is 29.5 Å². The Morgan fingerprint density at radius 2 is 1.88 bits per heavy atom. The van der Waals surface area contributed by atoms with Crippen molar-refractivity contribution in [3.8, 4) is 0 Å². The number of hydrogen-bond acceptors (Lipinski definition) is 3. The molecule has 5 nitrogen and oxygen atoms in total. The minimum absolute atomic E-state index is 0.0543. The molecule has 25 heavy (non-hydrogen) atoms. The fraction of sp³-hybridized carbons (Fsp3) is 0.350. The molecule has 0 unspecified atom stereocenters. The number of fused-ring (bicyclic) bond motifs is 1. The number of amides is 1. The lowest BCUT2D eigenvalue weighted by Crippen LogP contribution is -2.36. The van der Waals surface area contributed by atoms with Gasteiger partial charge in [0.15, 0.2) is 0 Å². The summed E-state index contributed by atoms with van der Waals surface area (Å²) in [7, 11) is 0. The zero-order chi connectivity index (χ0) is 18.2. The van der Waals surface area contributed by atoms with Gasteiger partial charge < -0.3 is 10.0 Å². The first-order chi connectivity index (χ1) is 11.8. The number of hydrogen-bond donors (Lipinski definition) is 1. The van der Waals surface area contributed by atoms with Crippen molar-refractivity contribution < 1.29 is 14.7 Å². The van der Waals surface area contributed by atoms with Crippen molar-refractivity contribution in [3.63, 3.8) is 0 Å². The Morgan fingerprint density at radius 1 is 1.12 bits per heavy atom. The highest BCUT2D eigenvalue weighted by molar-refractivity contribution is 5.95. The maximum Gasteiger partial charge on any atom is 0.335 e. The smallest absolute Gasteiger partial charge is 0.335 e. The second-order valence-corrected chi connectivity index (χ2v) is 7.45. The van der Waals surface area contributed by atoms with Gasteiger partial charge in [-0.2, -0.15) is 0 Å². The van der Waals surface area contributed by atoms with E-state index < -0.39 is 5.97 Å². The van der Waals surface area contributed by atoms with Crippen LogP contribution >= 0.6 is 0 Å². The number of carboxylic acid groups (broad SMARTS) is 1. The highest BCUT2D eigenvalue weighted by Gasteiger charge is 2.24. The quantitative estimate of drug-likeness (QED) is 0.912. The van der Waals surface area contributed by atoms with Crippen LogP contribution < -0.4 is 0 Å². The Labute approximate surface area is 147 Å². The summed E-state index contributed by atoms with van der Waals surface area (Å²) in [6.45, 7) is 7.64. The maximum absolute atomic E-state index is 12.7. The van der Waals surface area contributed by atoms with E-state index in [0.717, 1.165) is 12.0 Å². The summed E-state index contributed by atoms with van der Waals surface area (Å²) in [6.07, 6.45) is 2.16. The van der Waals surface area contributed by atoms with Crippen LogP contribution in [0.4, 0.5) is 0 Å².